The minimum Gasteiger partial charge on any atom is -0.497 e. The second-order valence-electron chi connectivity index (χ2n) is 8.46. The van der Waals surface area contributed by atoms with Gasteiger partial charge in [-0.2, -0.15) is 5.10 Å². The maximum absolute atomic E-state index is 13.4. The normalized spacial score (nSPS) is 22.1. The SMILES string of the molecule is COc1ccc([C@H]2CC(c3cccc(C)c3)=NN2C(=O)CN2CCCC[C@@H]2C)cc1. The Balaban J connectivity index is 1.61. The molecular weight excluding hydrogens is 374 g/mol. The highest BCUT2D eigenvalue weighted by Gasteiger charge is 2.34. The summed E-state index contributed by atoms with van der Waals surface area (Å²) < 4.78 is 5.31. The van der Waals surface area contributed by atoms with Crippen LogP contribution in [0, 0.1) is 6.92 Å². The molecule has 0 aliphatic carbocycles. The first kappa shape index (κ1) is 20.6. The van der Waals surface area contributed by atoms with E-state index in [9.17, 15) is 4.79 Å². The molecule has 2 aromatic rings. The molecule has 2 aliphatic rings. The molecule has 1 saturated heterocycles. The number of rotatable bonds is 5. The van der Waals surface area contributed by atoms with Gasteiger partial charge in [-0.15, -0.1) is 0 Å². The quantitative estimate of drug-likeness (QED) is 0.733. The van der Waals surface area contributed by atoms with Gasteiger partial charge in [-0.3, -0.25) is 9.69 Å². The maximum Gasteiger partial charge on any atom is 0.257 e. The van der Waals surface area contributed by atoms with Gasteiger partial charge in [0.1, 0.15) is 5.75 Å². The van der Waals surface area contributed by atoms with Crippen LogP contribution in [-0.4, -0.2) is 47.8 Å². The molecule has 0 radical (unpaired) electrons. The monoisotopic (exact) mass is 405 g/mol. The van der Waals surface area contributed by atoms with Gasteiger partial charge in [-0.25, -0.2) is 5.01 Å². The predicted molar refractivity (Wildman–Crippen MR) is 120 cm³/mol. The van der Waals surface area contributed by atoms with Crippen molar-refractivity contribution in [2.75, 3.05) is 20.2 Å². The van der Waals surface area contributed by atoms with Crippen molar-refractivity contribution in [2.24, 2.45) is 5.10 Å². The van der Waals surface area contributed by atoms with E-state index < -0.39 is 0 Å². The van der Waals surface area contributed by atoms with E-state index in [4.69, 9.17) is 9.84 Å². The highest BCUT2D eigenvalue weighted by Crippen LogP contribution is 2.34. The number of benzene rings is 2. The first-order valence-electron chi connectivity index (χ1n) is 10.9. The first-order chi connectivity index (χ1) is 14.5. The number of ether oxygens (including phenoxy) is 1. The molecule has 1 amide bonds. The molecule has 2 aliphatic heterocycles. The van der Waals surface area contributed by atoms with Crippen LogP contribution >= 0.6 is 0 Å². The Hall–Kier alpha value is -2.66. The van der Waals surface area contributed by atoms with Crippen molar-refractivity contribution in [3.05, 3.63) is 65.2 Å². The third-order valence-corrected chi connectivity index (χ3v) is 6.30. The van der Waals surface area contributed by atoms with Crippen LogP contribution in [0.5, 0.6) is 5.75 Å². The molecule has 2 heterocycles. The Kier molecular flexibility index (Phi) is 6.18. The van der Waals surface area contributed by atoms with Gasteiger partial charge in [-0.05, 0) is 56.5 Å². The third kappa shape index (κ3) is 4.41. The molecule has 2 aromatic carbocycles. The van der Waals surface area contributed by atoms with Gasteiger partial charge in [0, 0.05) is 12.5 Å². The van der Waals surface area contributed by atoms with Gasteiger partial charge in [0.05, 0.1) is 25.4 Å². The van der Waals surface area contributed by atoms with Crippen LogP contribution in [0.3, 0.4) is 0 Å². The average molecular weight is 406 g/mol. The molecule has 0 unspecified atom stereocenters. The van der Waals surface area contributed by atoms with E-state index in [2.05, 4.69) is 43.0 Å². The van der Waals surface area contributed by atoms with Gasteiger partial charge >= 0.3 is 0 Å². The van der Waals surface area contributed by atoms with Crippen LogP contribution in [-0.2, 0) is 4.79 Å². The largest absolute Gasteiger partial charge is 0.497 e. The lowest BCUT2D eigenvalue weighted by atomic mass is 9.97. The topological polar surface area (TPSA) is 45.1 Å². The predicted octanol–water partition coefficient (Wildman–Crippen LogP) is 4.56. The van der Waals surface area contributed by atoms with Crippen LogP contribution in [0.4, 0.5) is 0 Å². The lowest BCUT2D eigenvalue weighted by Gasteiger charge is -2.34. The number of methoxy groups -OCH3 is 1. The van der Waals surface area contributed by atoms with E-state index in [0.29, 0.717) is 12.6 Å². The van der Waals surface area contributed by atoms with Gasteiger partial charge < -0.3 is 4.74 Å². The van der Waals surface area contributed by atoms with Crippen molar-refractivity contribution >= 4 is 11.6 Å². The van der Waals surface area contributed by atoms with E-state index in [1.165, 1.54) is 12.0 Å². The molecular formula is C25H31N3O2. The molecule has 0 saturated carbocycles. The van der Waals surface area contributed by atoms with E-state index in [1.807, 2.05) is 24.3 Å². The number of carbonyl (C=O) groups is 1. The van der Waals surface area contributed by atoms with Crippen LogP contribution in [0.25, 0.3) is 0 Å². The van der Waals surface area contributed by atoms with Crippen molar-refractivity contribution in [3.63, 3.8) is 0 Å². The molecule has 1 fully saturated rings. The summed E-state index contributed by atoms with van der Waals surface area (Å²) in [6.07, 6.45) is 4.29. The van der Waals surface area contributed by atoms with Gasteiger partial charge in [-0.1, -0.05) is 48.4 Å². The van der Waals surface area contributed by atoms with E-state index in [-0.39, 0.29) is 11.9 Å². The number of carbonyl (C=O) groups excluding carboxylic acids is 1. The summed E-state index contributed by atoms with van der Waals surface area (Å²) >= 11 is 0. The van der Waals surface area contributed by atoms with Crippen LogP contribution in [0.2, 0.25) is 0 Å². The summed E-state index contributed by atoms with van der Waals surface area (Å²) in [5.41, 5.74) is 4.35. The highest BCUT2D eigenvalue weighted by molar-refractivity contribution is 6.03. The summed E-state index contributed by atoms with van der Waals surface area (Å²) in [4.78, 5) is 15.7. The summed E-state index contributed by atoms with van der Waals surface area (Å²) in [5.74, 6) is 0.892. The minimum atomic E-state index is -0.0842. The Morgan fingerprint density at radius 1 is 1.17 bits per heavy atom. The van der Waals surface area contributed by atoms with Crippen molar-refractivity contribution in [1.82, 2.24) is 9.91 Å². The van der Waals surface area contributed by atoms with Crippen LogP contribution in [0.1, 0.15) is 55.3 Å². The zero-order valence-corrected chi connectivity index (χ0v) is 18.2. The lowest BCUT2D eigenvalue weighted by molar-refractivity contribution is -0.135. The molecule has 4 rings (SSSR count). The molecule has 5 nitrogen and oxygen atoms in total. The molecule has 0 N–H and O–H groups in total. The van der Waals surface area contributed by atoms with Gasteiger partial charge in [0.2, 0.25) is 0 Å². The standard InChI is InChI=1S/C25H31N3O2/c1-18-7-6-9-21(15-18)23-16-24(20-10-12-22(30-3)13-11-20)28(26-23)25(29)17-27-14-5-4-8-19(27)2/h6-7,9-13,15,19,24H,4-5,8,14,16-17H2,1-3H3/t19-,24+/m0/s1. The Morgan fingerprint density at radius 3 is 2.67 bits per heavy atom. The van der Waals surface area contributed by atoms with Crippen molar-refractivity contribution in [1.29, 1.82) is 0 Å². The van der Waals surface area contributed by atoms with Crippen molar-refractivity contribution in [3.8, 4) is 5.75 Å². The highest BCUT2D eigenvalue weighted by atomic mass is 16.5. The zero-order chi connectivity index (χ0) is 21.1. The molecule has 5 heteroatoms. The Morgan fingerprint density at radius 2 is 1.97 bits per heavy atom. The third-order valence-electron chi connectivity index (χ3n) is 6.30. The van der Waals surface area contributed by atoms with Gasteiger partial charge in [0.15, 0.2) is 0 Å². The number of nitrogens with zero attached hydrogens (tertiary/aromatic N) is 3. The van der Waals surface area contributed by atoms with Crippen molar-refractivity contribution < 1.29 is 9.53 Å². The van der Waals surface area contributed by atoms with E-state index >= 15 is 0 Å². The second kappa shape index (κ2) is 9.00. The zero-order valence-electron chi connectivity index (χ0n) is 18.2. The van der Waals surface area contributed by atoms with E-state index in [1.54, 1.807) is 12.1 Å². The fourth-order valence-corrected chi connectivity index (χ4v) is 4.46. The number of hydrazone groups is 1. The number of likely N-dealkylation sites (tertiary alicyclic amines) is 1. The number of hydrogen-bond acceptors (Lipinski definition) is 4. The summed E-state index contributed by atoms with van der Waals surface area (Å²) in [6, 6.07) is 16.7. The molecule has 0 aromatic heterocycles. The molecule has 0 spiro atoms. The second-order valence-corrected chi connectivity index (χ2v) is 8.46. The Bertz CT molecular complexity index is 922. The summed E-state index contributed by atoms with van der Waals surface area (Å²) in [7, 11) is 1.67. The van der Waals surface area contributed by atoms with Crippen molar-refractivity contribution in [2.45, 2.75) is 51.6 Å². The Labute approximate surface area is 179 Å². The summed E-state index contributed by atoms with van der Waals surface area (Å²) in [6.45, 7) is 5.72. The molecule has 30 heavy (non-hydrogen) atoms. The fourth-order valence-electron chi connectivity index (χ4n) is 4.46. The van der Waals surface area contributed by atoms with Gasteiger partial charge in [0.25, 0.3) is 5.91 Å². The number of hydrogen-bond donors (Lipinski definition) is 0. The fraction of sp³-hybridized carbons (Fsp3) is 0.440. The minimum absolute atomic E-state index is 0.0761. The number of aryl methyl sites for hydroxylation is 1. The number of amides is 1. The summed E-state index contributed by atoms with van der Waals surface area (Å²) in [5, 5.41) is 6.56. The van der Waals surface area contributed by atoms with Crippen LogP contribution in [0.15, 0.2) is 53.6 Å². The molecule has 2 atom stereocenters. The smallest absolute Gasteiger partial charge is 0.257 e. The molecule has 158 valence electrons. The average Bonchev–Trinajstić information content (AvgIpc) is 3.21. The van der Waals surface area contributed by atoms with E-state index in [0.717, 1.165) is 48.4 Å². The maximum atomic E-state index is 13.4. The first-order valence-corrected chi connectivity index (χ1v) is 10.9. The number of piperidine rings is 1. The molecule has 0 bridgehead atoms. The lowest BCUT2D eigenvalue weighted by Crippen LogP contribution is -2.44. The van der Waals surface area contributed by atoms with Crippen LogP contribution < -0.4 is 4.74 Å².